The molecule has 0 saturated carbocycles. The third-order valence-electron chi connectivity index (χ3n) is 6.66. The summed E-state index contributed by atoms with van der Waals surface area (Å²) in [6, 6.07) is 15.8. The maximum Gasteiger partial charge on any atom is 0.288 e. The van der Waals surface area contributed by atoms with Gasteiger partial charge in [0, 0.05) is 23.2 Å². The number of anilines is 1. The van der Waals surface area contributed by atoms with Gasteiger partial charge in [0.15, 0.2) is 11.1 Å². The summed E-state index contributed by atoms with van der Waals surface area (Å²) in [6.07, 6.45) is 0.366. The number of halogens is 1. The molecular formula is C28H26ClN3O5S. The predicted molar refractivity (Wildman–Crippen MR) is 148 cm³/mol. The average Bonchev–Trinajstić information content (AvgIpc) is 3.25. The molecule has 1 fully saturated rings. The van der Waals surface area contributed by atoms with Gasteiger partial charge in [-0.05, 0) is 51.0 Å². The minimum absolute atomic E-state index is 0.0677. The highest BCUT2D eigenvalue weighted by Crippen LogP contribution is 2.33. The van der Waals surface area contributed by atoms with Gasteiger partial charge in [-0.2, -0.15) is 0 Å². The van der Waals surface area contributed by atoms with Crippen LogP contribution in [0.3, 0.4) is 0 Å². The Morgan fingerprint density at radius 1 is 1.13 bits per heavy atom. The molecule has 0 bridgehead atoms. The van der Waals surface area contributed by atoms with E-state index in [1.165, 1.54) is 6.07 Å². The van der Waals surface area contributed by atoms with E-state index in [1.807, 2.05) is 50.2 Å². The Balaban J connectivity index is 1.60. The number of benzene rings is 2. The number of nitrogens with zero attached hydrogens (tertiary/aromatic N) is 2. The van der Waals surface area contributed by atoms with E-state index in [0.717, 1.165) is 15.4 Å². The van der Waals surface area contributed by atoms with Gasteiger partial charge in [0.25, 0.3) is 5.91 Å². The Labute approximate surface area is 225 Å². The Morgan fingerprint density at radius 3 is 2.55 bits per heavy atom. The van der Waals surface area contributed by atoms with Gasteiger partial charge in [0.1, 0.15) is 16.5 Å². The smallest absolute Gasteiger partial charge is 0.288 e. The first-order valence-electron chi connectivity index (χ1n) is 12.2. The molecule has 0 aliphatic carbocycles. The number of hydrogen-bond donors (Lipinski definition) is 1. The molecule has 38 heavy (non-hydrogen) atoms. The Kier molecular flexibility index (Phi) is 6.75. The zero-order valence-corrected chi connectivity index (χ0v) is 22.7. The van der Waals surface area contributed by atoms with E-state index in [9.17, 15) is 18.0 Å². The molecule has 1 N–H and O–H groups in total. The molecular weight excluding hydrogens is 526 g/mol. The molecule has 1 amide bonds. The zero-order valence-electron chi connectivity index (χ0n) is 21.1. The monoisotopic (exact) mass is 551 g/mol. The van der Waals surface area contributed by atoms with Crippen molar-refractivity contribution in [3.05, 3.63) is 92.4 Å². The van der Waals surface area contributed by atoms with Crippen LogP contribution in [0.15, 0.2) is 63.8 Å². The number of aryl methyl sites for hydroxylation is 1. The summed E-state index contributed by atoms with van der Waals surface area (Å²) in [7, 11) is -3.70. The van der Waals surface area contributed by atoms with Crippen molar-refractivity contribution >= 4 is 44.2 Å². The van der Waals surface area contributed by atoms with Crippen LogP contribution in [-0.2, 0) is 10.0 Å². The lowest BCUT2D eigenvalue weighted by molar-refractivity contribution is 0.0865. The molecule has 1 saturated heterocycles. The lowest BCUT2D eigenvalue weighted by atomic mass is 9.98. The van der Waals surface area contributed by atoms with Gasteiger partial charge in [-0.15, -0.1) is 0 Å². The van der Waals surface area contributed by atoms with Crippen molar-refractivity contribution in [1.82, 2.24) is 9.29 Å². The van der Waals surface area contributed by atoms with Gasteiger partial charge in [-0.3, -0.25) is 9.59 Å². The van der Waals surface area contributed by atoms with E-state index in [1.54, 1.807) is 19.1 Å². The fraction of sp³-hybridized carbons (Fsp3) is 0.250. The van der Waals surface area contributed by atoms with Crippen LogP contribution in [0.5, 0.6) is 0 Å². The molecule has 1 aliphatic rings. The molecule has 3 heterocycles. The highest BCUT2D eigenvalue weighted by Gasteiger charge is 2.35. The summed E-state index contributed by atoms with van der Waals surface area (Å²) in [5.41, 5.74) is 3.42. The number of carbonyl (C=O) groups is 1. The van der Waals surface area contributed by atoms with Crippen LogP contribution in [-0.4, -0.2) is 35.9 Å². The first-order valence-corrected chi connectivity index (χ1v) is 14.2. The number of carbonyl (C=O) groups excluding carboxylic acids is 1. The second-order valence-electron chi connectivity index (χ2n) is 9.43. The summed E-state index contributed by atoms with van der Waals surface area (Å²) < 4.78 is 32.0. The van der Waals surface area contributed by atoms with Crippen molar-refractivity contribution in [2.75, 3.05) is 17.6 Å². The second kappa shape index (κ2) is 9.89. The van der Waals surface area contributed by atoms with Crippen molar-refractivity contribution < 1.29 is 17.6 Å². The largest absolute Gasteiger partial charge is 0.455 e. The van der Waals surface area contributed by atoms with Crippen LogP contribution in [0.25, 0.3) is 22.3 Å². The van der Waals surface area contributed by atoms with E-state index >= 15 is 0 Å². The van der Waals surface area contributed by atoms with Crippen LogP contribution in [0, 0.1) is 13.8 Å². The maximum absolute atomic E-state index is 13.4. The van der Waals surface area contributed by atoms with Crippen LogP contribution in [0.2, 0.25) is 5.15 Å². The Morgan fingerprint density at radius 2 is 1.87 bits per heavy atom. The van der Waals surface area contributed by atoms with E-state index < -0.39 is 22.0 Å². The lowest BCUT2D eigenvalue weighted by Crippen LogP contribution is -2.33. The normalized spacial score (nSPS) is 15.5. The summed E-state index contributed by atoms with van der Waals surface area (Å²) in [4.78, 5) is 30.8. The van der Waals surface area contributed by atoms with Crippen LogP contribution < -0.4 is 10.7 Å². The van der Waals surface area contributed by atoms with E-state index in [0.29, 0.717) is 40.0 Å². The van der Waals surface area contributed by atoms with Gasteiger partial charge < -0.3 is 9.73 Å². The standard InChI is InChI=1S/C28H26ClN3O5S/c1-16-14-20(27-21(15-16)25(33)17(2)26(37-27)19-8-5-4-6-9-19)18(3)30-22-10-11-23(29)31-24(22)28(34)32-12-7-13-38(32,35)36/h4-6,8-11,14-15,18,30H,7,12-13H2,1-3H3. The Bertz CT molecular complexity index is 1740. The van der Waals surface area contributed by atoms with Crippen LogP contribution >= 0.6 is 11.6 Å². The molecule has 5 rings (SSSR count). The number of aromatic nitrogens is 1. The van der Waals surface area contributed by atoms with Gasteiger partial charge in [0.2, 0.25) is 10.0 Å². The van der Waals surface area contributed by atoms with Crippen molar-refractivity contribution in [2.24, 2.45) is 0 Å². The molecule has 8 nitrogen and oxygen atoms in total. The van der Waals surface area contributed by atoms with Crippen LogP contribution in [0.1, 0.15) is 46.6 Å². The van der Waals surface area contributed by atoms with Gasteiger partial charge >= 0.3 is 0 Å². The fourth-order valence-corrected chi connectivity index (χ4v) is 6.37. The highest BCUT2D eigenvalue weighted by atomic mass is 35.5. The Hall–Kier alpha value is -3.69. The minimum Gasteiger partial charge on any atom is -0.455 e. The summed E-state index contributed by atoms with van der Waals surface area (Å²) >= 11 is 6.09. The molecule has 1 unspecified atom stereocenters. The molecule has 2 aromatic carbocycles. The quantitative estimate of drug-likeness (QED) is 0.327. The van der Waals surface area contributed by atoms with E-state index in [4.69, 9.17) is 16.0 Å². The summed E-state index contributed by atoms with van der Waals surface area (Å²) in [6.45, 7) is 5.61. The lowest BCUT2D eigenvalue weighted by Gasteiger charge is -2.21. The fourth-order valence-electron chi connectivity index (χ4n) is 4.77. The summed E-state index contributed by atoms with van der Waals surface area (Å²) in [5.74, 6) is -0.332. The maximum atomic E-state index is 13.4. The number of amides is 1. The topological polar surface area (TPSA) is 110 Å². The van der Waals surface area contributed by atoms with Gasteiger partial charge in [-0.25, -0.2) is 17.7 Å². The van der Waals surface area contributed by atoms with Crippen LogP contribution in [0.4, 0.5) is 5.69 Å². The first-order chi connectivity index (χ1) is 18.1. The van der Waals surface area contributed by atoms with Crippen molar-refractivity contribution in [2.45, 2.75) is 33.2 Å². The summed E-state index contributed by atoms with van der Waals surface area (Å²) in [5, 5.41) is 3.80. The number of nitrogens with one attached hydrogen (secondary N) is 1. The third kappa shape index (κ3) is 4.68. The predicted octanol–water partition coefficient (Wildman–Crippen LogP) is 5.47. The molecule has 4 aromatic rings. The molecule has 10 heteroatoms. The molecule has 1 atom stereocenters. The number of sulfonamides is 1. The highest BCUT2D eigenvalue weighted by molar-refractivity contribution is 7.89. The minimum atomic E-state index is -3.70. The molecule has 1 aliphatic heterocycles. The number of hydrogen-bond acceptors (Lipinski definition) is 7. The van der Waals surface area contributed by atoms with E-state index in [-0.39, 0.29) is 28.6 Å². The van der Waals surface area contributed by atoms with E-state index in [2.05, 4.69) is 10.3 Å². The number of pyridine rings is 1. The van der Waals surface area contributed by atoms with Crippen molar-refractivity contribution in [1.29, 1.82) is 0 Å². The molecule has 0 radical (unpaired) electrons. The molecule has 2 aromatic heterocycles. The van der Waals surface area contributed by atoms with Crippen molar-refractivity contribution in [3.63, 3.8) is 0 Å². The number of rotatable bonds is 5. The molecule has 0 spiro atoms. The van der Waals surface area contributed by atoms with Crippen molar-refractivity contribution in [3.8, 4) is 11.3 Å². The average molecular weight is 552 g/mol. The zero-order chi connectivity index (χ0) is 27.2. The first kappa shape index (κ1) is 25.9. The van der Waals surface area contributed by atoms with Gasteiger partial charge in [-0.1, -0.05) is 48.0 Å². The second-order valence-corrected chi connectivity index (χ2v) is 11.8. The molecule has 196 valence electrons. The third-order valence-corrected chi connectivity index (χ3v) is 8.69. The number of fused-ring (bicyclic) bond motifs is 1. The van der Waals surface area contributed by atoms with Gasteiger partial charge in [0.05, 0.1) is 22.9 Å². The SMILES string of the molecule is Cc1cc(C(C)Nc2ccc(Cl)nc2C(=O)N2CCCS2(=O)=O)c2oc(-c3ccccc3)c(C)c(=O)c2c1.